The minimum Gasteiger partial charge on any atom is -0.444 e. The van der Waals surface area contributed by atoms with Gasteiger partial charge >= 0.3 is 0 Å². The zero-order chi connectivity index (χ0) is 12.4. The Morgan fingerprint density at radius 1 is 1.35 bits per heavy atom. The van der Waals surface area contributed by atoms with Gasteiger partial charge in [-0.3, -0.25) is 4.79 Å². The normalized spacial score (nSPS) is 10.2. The van der Waals surface area contributed by atoms with E-state index in [1.807, 2.05) is 0 Å². The van der Waals surface area contributed by atoms with Gasteiger partial charge in [0.15, 0.2) is 10.4 Å². The molecule has 3 N–H and O–H groups in total. The van der Waals surface area contributed by atoms with Crippen LogP contribution in [0.3, 0.4) is 0 Å². The summed E-state index contributed by atoms with van der Waals surface area (Å²) in [7, 11) is 0. The molecule has 0 aliphatic carbocycles. The van der Waals surface area contributed by atoms with Gasteiger partial charge in [0.25, 0.3) is 5.91 Å². The van der Waals surface area contributed by atoms with E-state index in [0.29, 0.717) is 21.1 Å². The molecule has 1 amide bonds. The highest BCUT2D eigenvalue weighted by atomic mass is 79.9. The van der Waals surface area contributed by atoms with Crippen LogP contribution in [0.2, 0.25) is 5.02 Å². The van der Waals surface area contributed by atoms with Crippen molar-refractivity contribution < 1.29 is 9.21 Å². The van der Waals surface area contributed by atoms with Crippen LogP contribution in [-0.2, 0) is 0 Å². The number of furan rings is 1. The Balaban J connectivity index is 2.15. The standard InChI is InChI=1S/C11H8BrClN2O2/c12-10-4-3-9(17-10)11(16)15-6-1-2-7(13)8(14)5-6/h1-5H,14H2,(H,15,16). The third-order valence-corrected chi connectivity index (χ3v) is 2.82. The van der Waals surface area contributed by atoms with Gasteiger partial charge in [0, 0.05) is 5.69 Å². The highest BCUT2D eigenvalue weighted by Crippen LogP contribution is 2.23. The summed E-state index contributed by atoms with van der Waals surface area (Å²) in [5.41, 5.74) is 6.59. The molecule has 0 fully saturated rings. The zero-order valence-electron chi connectivity index (χ0n) is 8.54. The quantitative estimate of drug-likeness (QED) is 0.833. The van der Waals surface area contributed by atoms with Crippen LogP contribution in [0.15, 0.2) is 39.4 Å². The first-order chi connectivity index (χ1) is 8.06. The number of halogens is 2. The molecule has 88 valence electrons. The van der Waals surface area contributed by atoms with E-state index in [4.69, 9.17) is 21.8 Å². The van der Waals surface area contributed by atoms with Gasteiger partial charge in [-0.2, -0.15) is 0 Å². The molecule has 4 nitrogen and oxygen atoms in total. The Bertz CT molecular complexity index is 568. The van der Waals surface area contributed by atoms with Crippen molar-refractivity contribution in [3.63, 3.8) is 0 Å². The van der Waals surface area contributed by atoms with Crippen LogP contribution in [0.1, 0.15) is 10.6 Å². The van der Waals surface area contributed by atoms with E-state index in [-0.39, 0.29) is 11.7 Å². The number of rotatable bonds is 2. The molecular formula is C11H8BrClN2O2. The number of amides is 1. The highest BCUT2D eigenvalue weighted by Gasteiger charge is 2.10. The van der Waals surface area contributed by atoms with E-state index < -0.39 is 0 Å². The molecule has 0 saturated carbocycles. The summed E-state index contributed by atoms with van der Waals surface area (Å²) in [5, 5.41) is 3.10. The van der Waals surface area contributed by atoms with Gasteiger partial charge in [-0.25, -0.2) is 0 Å². The summed E-state index contributed by atoms with van der Waals surface area (Å²) >= 11 is 8.90. The van der Waals surface area contributed by atoms with E-state index in [0.717, 1.165) is 0 Å². The number of benzene rings is 1. The number of nitrogen functional groups attached to an aromatic ring is 1. The molecule has 2 aromatic rings. The Morgan fingerprint density at radius 3 is 2.71 bits per heavy atom. The molecule has 0 bridgehead atoms. The fraction of sp³-hybridized carbons (Fsp3) is 0. The average molecular weight is 316 g/mol. The van der Waals surface area contributed by atoms with Crippen LogP contribution in [-0.4, -0.2) is 5.91 Å². The summed E-state index contributed by atoms with van der Waals surface area (Å²) in [4.78, 5) is 11.7. The van der Waals surface area contributed by atoms with E-state index in [1.54, 1.807) is 30.3 Å². The second-order valence-electron chi connectivity index (χ2n) is 3.29. The summed E-state index contributed by atoms with van der Waals surface area (Å²) in [6.07, 6.45) is 0. The molecule has 1 aromatic carbocycles. The van der Waals surface area contributed by atoms with Gasteiger partial charge in [-0.15, -0.1) is 0 Å². The number of nitrogens with one attached hydrogen (secondary N) is 1. The van der Waals surface area contributed by atoms with Gasteiger partial charge in [-0.05, 0) is 46.3 Å². The van der Waals surface area contributed by atoms with Crippen LogP contribution in [0.4, 0.5) is 11.4 Å². The molecule has 0 saturated heterocycles. The first-order valence-electron chi connectivity index (χ1n) is 4.68. The van der Waals surface area contributed by atoms with E-state index in [2.05, 4.69) is 21.2 Å². The van der Waals surface area contributed by atoms with Gasteiger partial charge in [0.1, 0.15) is 0 Å². The lowest BCUT2D eigenvalue weighted by Gasteiger charge is -2.05. The molecule has 1 aromatic heterocycles. The fourth-order valence-corrected chi connectivity index (χ4v) is 1.67. The van der Waals surface area contributed by atoms with Gasteiger partial charge in [0.2, 0.25) is 0 Å². The van der Waals surface area contributed by atoms with Crippen LogP contribution in [0.5, 0.6) is 0 Å². The van der Waals surface area contributed by atoms with Gasteiger partial charge < -0.3 is 15.5 Å². The maximum Gasteiger partial charge on any atom is 0.291 e. The SMILES string of the molecule is Nc1cc(NC(=O)c2ccc(Br)o2)ccc1Cl. The molecule has 0 unspecified atom stereocenters. The lowest BCUT2D eigenvalue weighted by Crippen LogP contribution is -2.10. The predicted octanol–water partition coefficient (Wildman–Crippen LogP) is 3.53. The third kappa shape index (κ3) is 2.81. The maximum absolute atomic E-state index is 11.7. The van der Waals surface area contributed by atoms with E-state index in [9.17, 15) is 4.79 Å². The largest absolute Gasteiger partial charge is 0.444 e. The monoisotopic (exact) mass is 314 g/mol. The van der Waals surface area contributed by atoms with Crippen molar-refractivity contribution in [3.8, 4) is 0 Å². The van der Waals surface area contributed by atoms with Crippen LogP contribution in [0.25, 0.3) is 0 Å². The smallest absolute Gasteiger partial charge is 0.291 e. The summed E-state index contributed by atoms with van der Waals surface area (Å²) in [5.74, 6) is -0.136. The Morgan fingerprint density at radius 2 is 2.12 bits per heavy atom. The van der Waals surface area contributed by atoms with Crippen LogP contribution < -0.4 is 11.1 Å². The van der Waals surface area contributed by atoms with Gasteiger partial charge in [0.05, 0.1) is 10.7 Å². The number of hydrogen-bond acceptors (Lipinski definition) is 3. The van der Waals surface area contributed by atoms with Gasteiger partial charge in [-0.1, -0.05) is 11.6 Å². The summed E-state index contributed by atoms with van der Waals surface area (Å²) < 4.78 is 5.62. The minimum absolute atomic E-state index is 0.213. The molecule has 0 aliphatic rings. The van der Waals surface area contributed by atoms with Crippen molar-refractivity contribution in [2.75, 3.05) is 11.1 Å². The minimum atomic E-state index is -0.350. The summed E-state index contributed by atoms with van der Waals surface area (Å²) in [6, 6.07) is 8.07. The molecule has 0 radical (unpaired) electrons. The molecule has 2 rings (SSSR count). The number of hydrogen-bond donors (Lipinski definition) is 2. The Hall–Kier alpha value is -1.46. The van der Waals surface area contributed by atoms with Crippen molar-refractivity contribution in [2.24, 2.45) is 0 Å². The maximum atomic E-state index is 11.7. The summed E-state index contributed by atoms with van der Waals surface area (Å²) in [6.45, 7) is 0. The Kier molecular flexibility index (Phi) is 3.40. The number of carbonyl (C=O) groups excluding carboxylic acids is 1. The van der Waals surface area contributed by atoms with E-state index in [1.165, 1.54) is 0 Å². The molecule has 6 heteroatoms. The molecule has 0 spiro atoms. The van der Waals surface area contributed by atoms with Crippen molar-refractivity contribution in [3.05, 3.63) is 45.8 Å². The van der Waals surface area contributed by atoms with Crippen molar-refractivity contribution in [2.45, 2.75) is 0 Å². The molecule has 17 heavy (non-hydrogen) atoms. The fourth-order valence-electron chi connectivity index (χ4n) is 1.25. The third-order valence-electron chi connectivity index (χ3n) is 2.05. The molecule has 1 heterocycles. The van der Waals surface area contributed by atoms with Crippen LogP contribution >= 0.6 is 27.5 Å². The van der Waals surface area contributed by atoms with Crippen molar-refractivity contribution in [1.82, 2.24) is 0 Å². The lowest BCUT2D eigenvalue weighted by molar-refractivity contribution is 0.0995. The number of carbonyl (C=O) groups is 1. The van der Waals surface area contributed by atoms with E-state index >= 15 is 0 Å². The van der Waals surface area contributed by atoms with Crippen molar-refractivity contribution >= 4 is 44.8 Å². The van der Waals surface area contributed by atoms with Crippen molar-refractivity contribution in [1.29, 1.82) is 0 Å². The predicted molar refractivity (Wildman–Crippen MR) is 70.2 cm³/mol. The second-order valence-corrected chi connectivity index (χ2v) is 4.48. The number of anilines is 2. The highest BCUT2D eigenvalue weighted by molar-refractivity contribution is 9.10. The van der Waals surface area contributed by atoms with Crippen LogP contribution in [0, 0.1) is 0 Å². The first kappa shape index (κ1) is 12.0. The molecule has 0 aliphatic heterocycles. The molecular weight excluding hydrogens is 307 g/mol. The average Bonchev–Trinajstić information content (AvgIpc) is 2.70. The number of nitrogens with two attached hydrogens (primary N) is 1. The second kappa shape index (κ2) is 4.81. The Labute approximate surface area is 111 Å². The zero-order valence-corrected chi connectivity index (χ0v) is 10.9. The lowest BCUT2D eigenvalue weighted by atomic mass is 10.2. The first-order valence-corrected chi connectivity index (χ1v) is 5.85. The molecule has 0 atom stereocenters. The topological polar surface area (TPSA) is 68.3 Å².